The summed E-state index contributed by atoms with van der Waals surface area (Å²) in [6, 6.07) is 9.59. The lowest BCUT2D eigenvalue weighted by molar-refractivity contribution is 0.601. The smallest absolute Gasteiger partial charge is 0.261 e. The number of hydrogen-bond donors (Lipinski definition) is 2. The van der Waals surface area contributed by atoms with E-state index in [9.17, 15) is 8.42 Å². The number of rotatable bonds is 3. The van der Waals surface area contributed by atoms with Crippen molar-refractivity contribution in [1.29, 1.82) is 0 Å². The molecule has 3 N–H and O–H groups in total. The van der Waals surface area contributed by atoms with E-state index in [0.717, 1.165) is 11.3 Å². The number of nitrogens with zero attached hydrogens (tertiary/aromatic N) is 1. The molecule has 1 heterocycles. The first-order valence-electron chi connectivity index (χ1n) is 6.26. The van der Waals surface area contributed by atoms with Gasteiger partial charge in [0.1, 0.15) is 0 Å². The number of sulfonamides is 1. The highest BCUT2D eigenvalue weighted by Crippen LogP contribution is 2.16. The lowest BCUT2D eigenvalue weighted by Crippen LogP contribution is -2.13. The third-order valence-electron chi connectivity index (χ3n) is 2.65. The SMILES string of the molecule is Cc1cc(NS(=O)(=O)c2ccc(C#CCN)cc2)ccn1. The van der Waals surface area contributed by atoms with Gasteiger partial charge in [-0.15, -0.1) is 0 Å². The van der Waals surface area contributed by atoms with Crippen LogP contribution in [0.1, 0.15) is 11.3 Å². The summed E-state index contributed by atoms with van der Waals surface area (Å²) in [6.07, 6.45) is 1.55. The van der Waals surface area contributed by atoms with Crippen molar-refractivity contribution in [2.24, 2.45) is 5.73 Å². The number of hydrogen-bond acceptors (Lipinski definition) is 4. The number of nitrogens with two attached hydrogens (primary N) is 1. The Bertz CT molecular complexity index is 788. The molecule has 1 aromatic carbocycles. The molecule has 108 valence electrons. The van der Waals surface area contributed by atoms with Gasteiger partial charge < -0.3 is 5.73 Å². The minimum atomic E-state index is -3.62. The maximum Gasteiger partial charge on any atom is 0.261 e. The monoisotopic (exact) mass is 301 g/mol. The van der Waals surface area contributed by atoms with Gasteiger partial charge in [-0.1, -0.05) is 11.8 Å². The molecule has 0 saturated carbocycles. The van der Waals surface area contributed by atoms with Gasteiger partial charge in [-0.05, 0) is 43.3 Å². The Morgan fingerprint density at radius 2 is 1.95 bits per heavy atom. The van der Waals surface area contributed by atoms with Crippen LogP contribution in [-0.4, -0.2) is 19.9 Å². The van der Waals surface area contributed by atoms with Gasteiger partial charge in [0.2, 0.25) is 0 Å². The van der Waals surface area contributed by atoms with E-state index < -0.39 is 10.0 Å². The van der Waals surface area contributed by atoms with Crippen LogP contribution >= 0.6 is 0 Å². The topological polar surface area (TPSA) is 85.1 Å². The van der Waals surface area contributed by atoms with Crippen LogP contribution in [0, 0.1) is 18.8 Å². The highest BCUT2D eigenvalue weighted by Gasteiger charge is 2.13. The average Bonchev–Trinajstić information content (AvgIpc) is 2.45. The van der Waals surface area contributed by atoms with E-state index in [4.69, 9.17) is 5.73 Å². The van der Waals surface area contributed by atoms with E-state index in [2.05, 4.69) is 21.5 Å². The molecular formula is C15H15N3O2S. The number of pyridine rings is 1. The van der Waals surface area contributed by atoms with Crippen molar-refractivity contribution in [2.75, 3.05) is 11.3 Å². The van der Waals surface area contributed by atoms with Crippen LogP contribution in [0.25, 0.3) is 0 Å². The first-order valence-corrected chi connectivity index (χ1v) is 7.74. The summed E-state index contributed by atoms with van der Waals surface area (Å²) in [7, 11) is -3.62. The van der Waals surface area contributed by atoms with Gasteiger partial charge in [0.25, 0.3) is 10.0 Å². The second-order valence-corrected chi connectivity index (χ2v) is 6.00. The fraction of sp³-hybridized carbons (Fsp3) is 0.133. The molecule has 2 aromatic rings. The minimum Gasteiger partial charge on any atom is -0.320 e. The van der Waals surface area contributed by atoms with Crippen molar-refractivity contribution in [3.05, 3.63) is 53.9 Å². The largest absolute Gasteiger partial charge is 0.320 e. The molecule has 0 bridgehead atoms. The lowest BCUT2D eigenvalue weighted by atomic mass is 10.2. The van der Waals surface area contributed by atoms with Crippen LogP contribution in [-0.2, 0) is 10.0 Å². The number of nitrogens with one attached hydrogen (secondary N) is 1. The molecule has 0 fully saturated rings. The predicted octanol–water partition coefficient (Wildman–Crippen LogP) is 1.50. The third kappa shape index (κ3) is 4.05. The van der Waals surface area contributed by atoms with Gasteiger partial charge in [0.05, 0.1) is 17.1 Å². The second kappa shape index (κ2) is 6.39. The van der Waals surface area contributed by atoms with Gasteiger partial charge in [0.15, 0.2) is 0 Å². The Morgan fingerprint density at radius 1 is 1.24 bits per heavy atom. The summed E-state index contributed by atoms with van der Waals surface area (Å²) in [4.78, 5) is 4.20. The van der Waals surface area contributed by atoms with E-state index in [1.54, 1.807) is 37.4 Å². The molecule has 0 aliphatic carbocycles. The molecule has 5 nitrogen and oxygen atoms in total. The molecule has 2 rings (SSSR count). The Labute approximate surface area is 124 Å². The van der Waals surface area contributed by atoms with Crippen LogP contribution < -0.4 is 10.5 Å². The third-order valence-corrected chi connectivity index (χ3v) is 4.05. The molecule has 0 saturated heterocycles. The molecule has 0 atom stereocenters. The lowest BCUT2D eigenvalue weighted by Gasteiger charge is -2.08. The summed E-state index contributed by atoms with van der Waals surface area (Å²) in [5.74, 6) is 5.56. The van der Waals surface area contributed by atoms with Gasteiger partial charge in [-0.25, -0.2) is 8.42 Å². The normalized spacial score (nSPS) is 10.6. The predicted molar refractivity (Wildman–Crippen MR) is 82.2 cm³/mol. The standard InChI is InChI=1S/C15H15N3O2S/c1-12-11-14(8-10-17-12)18-21(19,20)15-6-4-13(5-7-15)3-2-9-16/h4-8,10-11H,9,16H2,1H3,(H,17,18). The quantitative estimate of drug-likeness (QED) is 0.841. The maximum atomic E-state index is 12.3. The molecular weight excluding hydrogens is 286 g/mol. The Kier molecular flexibility index (Phi) is 4.58. The van der Waals surface area contributed by atoms with Crippen LogP contribution in [0.5, 0.6) is 0 Å². The van der Waals surface area contributed by atoms with Crippen molar-refractivity contribution in [1.82, 2.24) is 4.98 Å². The van der Waals surface area contributed by atoms with E-state index in [1.807, 2.05) is 0 Å². The molecule has 21 heavy (non-hydrogen) atoms. The molecule has 0 aliphatic rings. The van der Waals surface area contributed by atoms with Crippen molar-refractivity contribution in [2.45, 2.75) is 11.8 Å². The Balaban J connectivity index is 2.23. The van der Waals surface area contributed by atoms with Gasteiger partial charge in [-0.2, -0.15) is 0 Å². The maximum absolute atomic E-state index is 12.3. The first-order chi connectivity index (χ1) is 10.0. The van der Waals surface area contributed by atoms with Crippen LogP contribution in [0.2, 0.25) is 0 Å². The van der Waals surface area contributed by atoms with E-state index in [1.165, 1.54) is 12.1 Å². The minimum absolute atomic E-state index is 0.176. The van der Waals surface area contributed by atoms with Crippen molar-refractivity contribution in [3.63, 3.8) is 0 Å². The summed E-state index contributed by atoms with van der Waals surface area (Å²) < 4.78 is 27.0. The molecule has 0 aliphatic heterocycles. The second-order valence-electron chi connectivity index (χ2n) is 4.32. The summed E-state index contributed by atoms with van der Waals surface area (Å²) in [5.41, 5.74) is 7.23. The van der Waals surface area contributed by atoms with Gasteiger partial charge >= 0.3 is 0 Å². The fourth-order valence-corrected chi connectivity index (χ4v) is 2.74. The molecule has 0 spiro atoms. The van der Waals surface area contributed by atoms with E-state index in [-0.39, 0.29) is 11.4 Å². The Morgan fingerprint density at radius 3 is 2.57 bits per heavy atom. The van der Waals surface area contributed by atoms with E-state index in [0.29, 0.717) is 5.69 Å². The number of anilines is 1. The molecule has 1 aromatic heterocycles. The van der Waals surface area contributed by atoms with Gasteiger partial charge in [-0.3, -0.25) is 9.71 Å². The van der Waals surface area contributed by atoms with Crippen LogP contribution in [0.4, 0.5) is 5.69 Å². The highest BCUT2D eigenvalue weighted by molar-refractivity contribution is 7.92. The highest BCUT2D eigenvalue weighted by atomic mass is 32.2. The Hall–Kier alpha value is -2.36. The number of benzene rings is 1. The number of aryl methyl sites for hydroxylation is 1. The van der Waals surface area contributed by atoms with Crippen LogP contribution in [0.15, 0.2) is 47.5 Å². The molecule has 0 radical (unpaired) electrons. The molecule has 0 amide bonds. The van der Waals surface area contributed by atoms with Crippen molar-refractivity contribution >= 4 is 15.7 Å². The molecule has 6 heteroatoms. The summed E-state index contributed by atoms with van der Waals surface area (Å²) in [6.45, 7) is 2.06. The fourth-order valence-electron chi connectivity index (χ4n) is 1.69. The zero-order valence-electron chi connectivity index (χ0n) is 11.5. The zero-order chi connectivity index (χ0) is 15.3. The zero-order valence-corrected chi connectivity index (χ0v) is 12.3. The van der Waals surface area contributed by atoms with Crippen LogP contribution in [0.3, 0.4) is 0 Å². The summed E-state index contributed by atoms with van der Waals surface area (Å²) in [5, 5.41) is 0. The average molecular weight is 301 g/mol. The summed E-state index contributed by atoms with van der Waals surface area (Å²) >= 11 is 0. The van der Waals surface area contributed by atoms with Gasteiger partial charge in [0, 0.05) is 17.5 Å². The van der Waals surface area contributed by atoms with Crippen molar-refractivity contribution < 1.29 is 8.42 Å². The number of aromatic nitrogens is 1. The van der Waals surface area contributed by atoms with Crippen molar-refractivity contribution in [3.8, 4) is 11.8 Å². The first kappa shape index (κ1) is 15.0. The molecule has 0 unspecified atom stereocenters. The van der Waals surface area contributed by atoms with E-state index >= 15 is 0 Å².